The molecule has 7 heteroatoms. The number of nitrogens with zero attached hydrogens (tertiary/aromatic N) is 4. The van der Waals surface area contributed by atoms with Crippen LogP contribution in [0, 0.1) is 0 Å². The third-order valence-electron chi connectivity index (χ3n) is 5.52. The molecule has 1 aliphatic heterocycles. The van der Waals surface area contributed by atoms with Crippen LogP contribution in [-0.2, 0) is 11.3 Å². The van der Waals surface area contributed by atoms with Crippen LogP contribution in [0.5, 0.6) is 0 Å². The SMILES string of the molecule is O=C(Cn1nc(-c2ccccc2)ccc1=O)N1CCCC1c1nc2ccccc2[nH]1. The van der Waals surface area contributed by atoms with E-state index >= 15 is 0 Å². The Morgan fingerprint density at radius 3 is 2.67 bits per heavy atom. The highest BCUT2D eigenvalue weighted by Gasteiger charge is 2.32. The Bertz CT molecular complexity index is 1230. The Morgan fingerprint density at radius 2 is 1.83 bits per heavy atom. The molecular weight excluding hydrogens is 378 g/mol. The van der Waals surface area contributed by atoms with Gasteiger partial charge in [-0.15, -0.1) is 0 Å². The molecule has 1 N–H and O–H groups in total. The molecule has 2 aromatic heterocycles. The van der Waals surface area contributed by atoms with Crippen molar-refractivity contribution >= 4 is 16.9 Å². The van der Waals surface area contributed by atoms with E-state index in [2.05, 4.69) is 15.1 Å². The lowest BCUT2D eigenvalue weighted by Crippen LogP contribution is -2.37. The molecule has 30 heavy (non-hydrogen) atoms. The van der Waals surface area contributed by atoms with E-state index in [0.717, 1.165) is 35.3 Å². The van der Waals surface area contributed by atoms with Gasteiger partial charge in [0.05, 0.1) is 22.8 Å². The van der Waals surface area contributed by atoms with Crippen LogP contribution in [-0.4, -0.2) is 37.1 Å². The van der Waals surface area contributed by atoms with Crippen LogP contribution in [0.3, 0.4) is 0 Å². The second-order valence-corrected chi connectivity index (χ2v) is 7.46. The van der Waals surface area contributed by atoms with E-state index in [-0.39, 0.29) is 24.1 Å². The number of imidazole rings is 1. The van der Waals surface area contributed by atoms with E-state index in [1.807, 2.05) is 54.6 Å². The lowest BCUT2D eigenvalue weighted by Gasteiger charge is -2.23. The summed E-state index contributed by atoms with van der Waals surface area (Å²) in [5, 5.41) is 4.42. The van der Waals surface area contributed by atoms with Crippen LogP contribution in [0.2, 0.25) is 0 Å². The van der Waals surface area contributed by atoms with Crippen LogP contribution < -0.4 is 5.56 Å². The number of aromatic nitrogens is 4. The van der Waals surface area contributed by atoms with Crippen LogP contribution in [0.4, 0.5) is 0 Å². The van der Waals surface area contributed by atoms with E-state index in [1.165, 1.54) is 10.7 Å². The van der Waals surface area contributed by atoms with Crippen LogP contribution in [0.15, 0.2) is 71.5 Å². The van der Waals surface area contributed by atoms with Crippen LogP contribution >= 0.6 is 0 Å². The number of hydrogen-bond acceptors (Lipinski definition) is 4. The predicted octanol–water partition coefficient (Wildman–Crippen LogP) is 3.15. The molecule has 4 aromatic rings. The second-order valence-electron chi connectivity index (χ2n) is 7.46. The first-order chi connectivity index (χ1) is 14.7. The molecular formula is C23H21N5O2. The van der Waals surface area contributed by atoms with Gasteiger partial charge >= 0.3 is 0 Å². The first kappa shape index (κ1) is 18.3. The highest BCUT2D eigenvalue weighted by molar-refractivity contribution is 5.78. The molecule has 150 valence electrons. The van der Waals surface area contributed by atoms with Gasteiger partial charge in [-0.3, -0.25) is 9.59 Å². The van der Waals surface area contributed by atoms with Crippen molar-refractivity contribution in [2.45, 2.75) is 25.4 Å². The number of fused-ring (bicyclic) bond motifs is 1. The lowest BCUT2D eigenvalue weighted by atomic mass is 10.1. The van der Waals surface area contributed by atoms with E-state index in [1.54, 1.807) is 11.0 Å². The molecule has 1 fully saturated rings. The molecule has 0 spiro atoms. The fourth-order valence-corrected chi connectivity index (χ4v) is 4.02. The maximum atomic E-state index is 13.1. The number of hydrogen-bond donors (Lipinski definition) is 1. The first-order valence-corrected chi connectivity index (χ1v) is 10.1. The first-order valence-electron chi connectivity index (χ1n) is 10.1. The summed E-state index contributed by atoms with van der Waals surface area (Å²) in [6.07, 6.45) is 1.75. The Morgan fingerprint density at radius 1 is 1.03 bits per heavy atom. The number of amides is 1. The van der Waals surface area contributed by atoms with Gasteiger partial charge < -0.3 is 9.88 Å². The van der Waals surface area contributed by atoms with E-state index in [9.17, 15) is 9.59 Å². The molecule has 2 aromatic carbocycles. The summed E-state index contributed by atoms with van der Waals surface area (Å²) >= 11 is 0. The smallest absolute Gasteiger partial charge is 0.267 e. The quantitative estimate of drug-likeness (QED) is 0.571. The Balaban J connectivity index is 1.40. The number of H-pyrrole nitrogens is 1. The number of aromatic amines is 1. The highest BCUT2D eigenvalue weighted by atomic mass is 16.2. The van der Waals surface area contributed by atoms with Gasteiger partial charge in [0, 0.05) is 18.2 Å². The summed E-state index contributed by atoms with van der Waals surface area (Å²) in [7, 11) is 0. The molecule has 3 heterocycles. The zero-order chi connectivity index (χ0) is 20.5. The molecule has 7 nitrogen and oxygen atoms in total. The van der Waals surface area contributed by atoms with E-state index < -0.39 is 0 Å². The summed E-state index contributed by atoms with van der Waals surface area (Å²) in [4.78, 5) is 35.2. The largest absolute Gasteiger partial charge is 0.340 e. The predicted molar refractivity (Wildman–Crippen MR) is 114 cm³/mol. The normalized spacial score (nSPS) is 16.3. The average Bonchev–Trinajstić information content (AvgIpc) is 3.42. The number of para-hydroxylation sites is 2. The number of benzene rings is 2. The van der Waals surface area contributed by atoms with Gasteiger partial charge in [-0.2, -0.15) is 5.10 Å². The second kappa shape index (κ2) is 7.59. The van der Waals surface area contributed by atoms with Crippen molar-refractivity contribution in [3.05, 3.63) is 82.9 Å². The minimum Gasteiger partial charge on any atom is -0.340 e. The molecule has 1 saturated heterocycles. The molecule has 1 unspecified atom stereocenters. The third kappa shape index (κ3) is 3.39. The third-order valence-corrected chi connectivity index (χ3v) is 5.52. The minimum atomic E-state index is -0.289. The number of nitrogens with one attached hydrogen (secondary N) is 1. The maximum Gasteiger partial charge on any atom is 0.267 e. The van der Waals surface area contributed by atoms with Crippen molar-refractivity contribution in [3.8, 4) is 11.3 Å². The monoisotopic (exact) mass is 399 g/mol. The van der Waals surface area contributed by atoms with Crippen molar-refractivity contribution in [3.63, 3.8) is 0 Å². The van der Waals surface area contributed by atoms with Crippen LogP contribution in [0.25, 0.3) is 22.3 Å². The average molecular weight is 399 g/mol. The number of likely N-dealkylation sites (tertiary alicyclic amines) is 1. The molecule has 0 bridgehead atoms. The summed E-state index contributed by atoms with van der Waals surface area (Å²) < 4.78 is 1.25. The maximum absolute atomic E-state index is 13.1. The molecule has 1 aliphatic rings. The Labute approximate surface area is 173 Å². The summed E-state index contributed by atoms with van der Waals surface area (Å²) in [5.41, 5.74) is 3.13. The number of carbonyl (C=O) groups excluding carboxylic acids is 1. The Hall–Kier alpha value is -3.74. The molecule has 1 atom stereocenters. The molecule has 0 aliphatic carbocycles. The van der Waals surface area contributed by atoms with Gasteiger partial charge in [-0.25, -0.2) is 9.67 Å². The molecule has 0 saturated carbocycles. The summed E-state index contributed by atoms with van der Waals surface area (Å²) in [6, 6.07) is 20.5. The van der Waals surface area contributed by atoms with Gasteiger partial charge in [-0.1, -0.05) is 42.5 Å². The minimum absolute atomic E-state index is 0.0871. The zero-order valence-electron chi connectivity index (χ0n) is 16.4. The van der Waals surface area contributed by atoms with Gasteiger partial charge in [0.25, 0.3) is 5.56 Å². The van der Waals surface area contributed by atoms with Gasteiger partial charge in [0.15, 0.2) is 0 Å². The summed E-state index contributed by atoms with van der Waals surface area (Å²) in [5.74, 6) is 0.665. The van der Waals surface area contributed by atoms with E-state index in [4.69, 9.17) is 0 Å². The van der Waals surface area contributed by atoms with Crippen molar-refractivity contribution < 1.29 is 4.79 Å². The molecule has 5 rings (SSSR count). The number of carbonyl (C=O) groups is 1. The van der Waals surface area contributed by atoms with Gasteiger partial charge in [-0.05, 0) is 31.0 Å². The zero-order valence-corrected chi connectivity index (χ0v) is 16.4. The Kier molecular flexibility index (Phi) is 4.63. The van der Waals surface area contributed by atoms with Crippen molar-refractivity contribution in [1.82, 2.24) is 24.6 Å². The van der Waals surface area contributed by atoms with Crippen molar-refractivity contribution in [2.24, 2.45) is 0 Å². The van der Waals surface area contributed by atoms with Crippen molar-refractivity contribution in [2.75, 3.05) is 6.54 Å². The standard InChI is InChI=1S/C23H21N5O2/c29-21-13-12-17(16-7-2-1-3-8-16)26-28(21)15-22(30)27-14-6-11-20(27)23-24-18-9-4-5-10-19(18)25-23/h1-5,7-10,12-13,20H,6,11,14-15H2,(H,24,25). The molecule has 1 amide bonds. The van der Waals surface area contributed by atoms with Gasteiger partial charge in [0.2, 0.25) is 5.91 Å². The van der Waals surface area contributed by atoms with Crippen LogP contribution in [0.1, 0.15) is 24.7 Å². The fraction of sp³-hybridized carbons (Fsp3) is 0.217. The van der Waals surface area contributed by atoms with E-state index in [0.29, 0.717) is 12.2 Å². The topological polar surface area (TPSA) is 83.9 Å². The van der Waals surface area contributed by atoms with Gasteiger partial charge in [0.1, 0.15) is 12.4 Å². The molecule has 0 radical (unpaired) electrons. The highest BCUT2D eigenvalue weighted by Crippen LogP contribution is 2.31. The summed E-state index contributed by atoms with van der Waals surface area (Å²) in [6.45, 7) is 0.559. The van der Waals surface area contributed by atoms with Crippen molar-refractivity contribution in [1.29, 1.82) is 0 Å². The fourth-order valence-electron chi connectivity index (χ4n) is 4.02. The number of rotatable bonds is 4. The lowest BCUT2D eigenvalue weighted by molar-refractivity contribution is -0.133.